The molecule has 0 spiro atoms. The molecule has 5 aliphatic rings. The molecule has 0 aromatic carbocycles. The molecule has 0 unspecified atom stereocenters. The van der Waals surface area contributed by atoms with Gasteiger partial charge in [-0.2, -0.15) is 0 Å². The van der Waals surface area contributed by atoms with Gasteiger partial charge in [0.05, 0.1) is 18.8 Å². The molecule has 5 rings (SSSR count). The van der Waals surface area contributed by atoms with Crippen molar-refractivity contribution in [1.82, 2.24) is 0 Å². The van der Waals surface area contributed by atoms with Gasteiger partial charge >= 0.3 is 5.97 Å². The Morgan fingerprint density at radius 1 is 1.18 bits per heavy atom. The second-order valence-corrected chi connectivity index (χ2v) is 21.6. The zero-order chi connectivity index (χ0) is 29.3. The Bertz CT molecular complexity index is 982. The first-order valence-electron chi connectivity index (χ1n) is 16.7. The third kappa shape index (κ3) is 5.32. The van der Waals surface area contributed by atoms with Crippen LogP contribution in [0, 0.1) is 46.3 Å². The number of allylic oxidation sites excluding steroid dienone is 1. The van der Waals surface area contributed by atoms with E-state index in [1.807, 2.05) is 0 Å². The Hall–Kier alpha value is -0.653. The topological polar surface area (TPSA) is 44.8 Å². The molecule has 0 radical (unpaired) electrons. The summed E-state index contributed by atoms with van der Waals surface area (Å²) in [5.74, 6) is 3.96. The smallest absolute Gasteiger partial charge is 0.302 e. The first-order valence-corrected chi connectivity index (χ1v) is 19.6. The van der Waals surface area contributed by atoms with Crippen LogP contribution in [0.3, 0.4) is 0 Å². The van der Waals surface area contributed by atoms with E-state index in [9.17, 15) is 4.79 Å². The average Bonchev–Trinajstić information content (AvgIpc) is 3.33. The number of carbonyl (C=O) groups is 1. The molecule has 0 bridgehead atoms. The summed E-state index contributed by atoms with van der Waals surface area (Å²) in [4.78, 5) is 11.2. The Kier molecular flexibility index (Phi) is 8.32. The number of esters is 1. The van der Waals surface area contributed by atoms with Crippen molar-refractivity contribution in [1.29, 1.82) is 0 Å². The van der Waals surface area contributed by atoms with Crippen LogP contribution in [0.25, 0.3) is 0 Å². The predicted octanol–water partition coefficient (Wildman–Crippen LogP) is 8.95. The molecule has 1 aliphatic heterocycles. The van der Waals surface area contributed by atoms with Crippen molar-refractivity contribution in [3.63, 3.8) is 0 Å². The van der Waals surface area contributed by atoms with Gasteiger partial charge in [-0.3, -0.25) is 4.79 Å². The third-order valence-electron chi connectivity index (χ3n) is 13.4. The minimum Gasteiger partial charge on any atom is -0.466 e. The molecule has 5 heteroatoms. The van der Waals surface area contributed by atoms with E-state index in [2.05, 4.69) is 67.6 Å². The van der Waals surface area contributed by atoms with Gasteiger partial charge in [-0.15, -0.1) is 0 Å². The first kappa shape index (κ1) is 30.8. The number of hydrogen-bond acceptors (Lipinski definition) is 4. The molecule has 4 aliphatic carbocycles. The summed E-state index contributed by atoms with van der Waals surface area (Å²) in [5.41, 5.74) is 2.51. The number of rotatable bonds is 7. The fraction of sp³-hybridized carbons (Fsp3) is 0.914. The lowest BCUT2D eigenvalue weighted by Crippen LogP contribution is -2.52. The Morgan fingerprint density at radius 2 is 1.90 bits per heavy atom. The minimum absolute atomic E-state index is 0.174. The van der Waals surface area contributed by atoms with Crippen LogP contribution in [-0.4, -0.2) is 39.2 Å². The van der Waals surface area contributed by atoms with Gasteiger partial charge in [0.1, 0.15) is 0 Å². The van der Waals surface area contributed by atoms with Crippen molar-refractivity contribution >= 4 is 14.3 Å². The zero-order valence-corrected chi connectivity index (χ0v) is 28.5. The molecular weight excluding hydrogens is 512 g/mol. The monoisotopic (exact) mass is 572 g/mol. The second kappa shape index (κ2) is 10.8. The SMILES string of the molecule is CC(=O)OC[C@H](C)CC[C@H]1O[C@H]2C[C@H]3[C@@H]4CC=C5C[C@@H](O[Si](C)(C)C(C)(C)C)CC[C@]5(C)[C@H]4CC[C@]3(C)[C@H]2[C@@H]1C. The fourth-order valence-corrected chi connectivity index (χ4v) is 11.5. The van der Waals surface area contributed by atoms with Crippen molar-refractivity contribution in [2.45, 2.75) is 150 Å². The maximum absolute atomic E-state index is 11.2. The molecule has 11 atom stereocenters. The van der Waals surface area contributed by atoms with Gasteiger partial charge in [-0.25, -0.2) is 0 Å². The minimum atomic E-state index is -1.74. The van der Waals surface area contributed by atoms with Gasteiger partial charge in [0.15, 0.2) is 8.32 Å². The summed E-state index contributed by atoms with van der Waals surface area (Å²) in [6.07, 6.45) is 15.1. The van der Waals surface area contributed by atoms with Crippen molar-refractivity contribution in [3.8, 4) is 0 Å². The highest BCUT2D eigenvalue weighted by atomic mass is 28.4. The average molecular weight is 573 g/mol. The van der Waals surface area contributed by atoms with Gasteiger partial charge < -0.3 is 13.9 Å². The van der Waals surface area contributed by atoms with E-state index in [0.29, 0.717) is 53.5 Å². The van der Waals surface area contributed by atoms with Gasteiger partial charge in [-0.1, -0.05) is 60.1 Å². The summed E-state index contributed by atoms with van der Waals surface area (Å²) in [7, 11) is -1.74. The molecule has 1 saturated heterocycles. The van der Waals surface area contributed by atoms with Crippen LogP contribution in [0.1, 0.15) is 113 Å². The molecule has 0 aromatic heterocycles. The van der Waals surface area contributed by atoms with E-state index >= 15 is 0 Å². The summed E-state index contributed by atoms with van der Waals surface area (Å²) in [6, 6.07) is 0. The predicted molar refractivity (Wildman–Crippen MR) is 166 cm³/mol. The molecule has 40 heavy (non-hydrogen) atoms. The molecule has 1 heterocycles. The standard InChI is InChI=1S/C35H60O4Si/c1-22(21-37-24(3)36)11-14-30-23(2)32-31(38-30)20-29-27-13-12-25-19-26(39-40(9,10)33(4,5)6)15-17-34(25,7)28(27)16-18-35(29,32)8/h12,22-23,26-32H,11,13-21H2,1-10H3/t22-,23-,26+,27-,28+,29+,30-,31+,32+,34+,35+/m1/s1. The molecule has 4 nitrogen and oxygen atoms in total. The Balaban J connectivity index is 1.24. The molecule has 3 saturated carbocycles. The van der Waals surface area contributed by atoms with Crippen molar-refractivity contribution in [2.75, 3.05) is 6.61 Å². The third-order valence-corrected chi connectivity index (χ3v) is 18.0. The highest BCUT2D eigenvalue weighted by Gasteiger charge is 2.65. The molecule has 0 aromatic rings. The summed E-state index contributed by atoms with van der Waals surface area (Å²) in [5, 5.41) is 0.272. The molecule has 228 valence electrons. The number of ether oxygens (including phenoxy) is 2. The molecular formula is C35H60O4Si. The quantitative estimate of drug-likeness (QED) is 0.173. The molecule has 4 fully saturated rings. The van der Waals surface area contributed by atoms with Crippen LogP contribution in [-0.2, 0) is 18.7 Å². The largest absolute Gasteiger partial charge is 0.466 e. The maximum atomic E-state index is 11.2. The van der Waals surface area contributed by atoms with Gasteiger partial charge in [0.25, 0.3) is 0 Å². The van der Waals surface area contributed by atoms with Gasteiger partial charge in [-0.05, 0) is 122 Å². The van der Waals surface area contributed by atoms with E-state index in [-0.39, 0.29) is 11.0 Å². The van der Waals surface area contributed by atoms with Gasteiger partial charge in [0.2, 0.25) is 0 Å². The van der Waals surface area contributed by atoms with E-state index in [1.165, 1.54) is 45.4 Å². The highest BCUT2D eigenvalue weighted by Crippen LogP contribution is 2.69. The van der Waals surface area contributed by atoms with Crippen LogP contribution in [0.4, 0.5) is 0 Å². The second-order valence-electron chi connectivity index (χ2n) is 16.9. The summed E-state index contributed by atoms with van der Waals surface area (Å²) < 4.78 is 19.1. The van der Waals surface area contributed by atoms with E-state index in [0.717, 1.165) is 37.0 Å². The molecule has 0 N–H and O–H groups in total. The lowest BCUT2D eigenvalue weighted by atomic mass is 9.47. The fourth-order valence-electron chi connectivity index (χ4n) is 10.1. The Labute approximate surface area is 246 Å². The van der Waals surface area contributed by atoms with Crippen LogP contribution in [0.15, 0.2) is 11.6 Å². The highest BCUT2D eigenvalue weighted by molar-refractivity contribution is 6.74. The first-order chi connectivity index (χ1) is 18.6. The van der Waals surface area contributed by atoms with Crippen LogP contribution in [0.5, 0.6) is 0 Å². The maximum Gasteiger partial charge on any atom is 0.302 e. The lowest BCUT2D eigenvalue weighted by Gasteiger charge is -2.58. The van der Waals surface area contributed by atoms with E-state index in [1.54, 1.807) is 5.57 Å². The number of fused-ring (bicyclic) bond motifs is 7. The van der Waals surface area contributed by atoms with E-state index in [4.69, 9.17) is 13.9 Å². The van der Waals surface area contributed by atoms with Gasteiger partial charge in [0, 0.05) is 13.0 Å². The van der Waals surface area contributed by atoms with Crippen LogP contribution >= 0.6 is 0 Å². The van der Waals surface area contributed by atoms with Crippen molar-refractivity contribution in [2.24, 2.45) is 46.3 Å². The summed E-state index contributed by atoms with van der Waals surface area (Å²) in [6.45, 7) is 23.9. The molecule has 0 amide bonds. The normalized spacial score (nSPS) is 43.7. The van der Waals surface area contributed by atoms with Crippen LogP contribution < -0.4 is 0 Å². The number of hydrogen-bond donors (Lipinski definition) is 0. The summed E-state index contributed by atoms with van der Waals surface area (Å²) >= 11 is 0. The van der Waals surface area contributed by atoms with E-state index < -0.39 is 8.32 Å². The Morgan fingerprint density at radius 3 is 2.58 bits per heavy atom. The van der Waals surface area contributed by atoms with Crippen molar-refractivity contribution in [3.05, 3.63) is 11.6 Å². The zero-order valence-electron chi connectivity index (χ0n) is 27.5. The van der Waals surface area contributed by atoms with Crippen LogP contribution in [0.2, 0.25) is 18.1 Å². The number of carbonyl (C=O) groups excluding carboxylic acids is 1. The lowest BCUT2D eigenvalue weighted by molar-refractivity contribution is -0.142. The van der Waals surface area contributed by atoms with Crippen molar-refractivity contribution < 1.29 is 18.7 Å².